The highest BCUT2D eigenvalue weighted by Gasteiger charge is 2.32. The second kappa shape index (κ2) is 10.8. The zero-order chi connectivity index (χ0) is 26.7. The van der Waals surface area contributed by atoms with Gasteiger partial charge in [-0.25, -0.2) is 9.48 Å². The first-order valence-corrected chi connectivity index (χ1v) is 12.7. The average molecular weight is 525 g/mol. The molecule has 196 valence electrons. The number of anilines is 1. The first kappa shape index (κ1) is 26.5. The van der Waals surface area contributed by atoms with Gasteiger partial charge in [-0.1, -0.05) is 17.7 Å². The summed E-state index contributed by atoms with van der Waals surface area (Å²) in [5.41, 5.74) is 3.12. The number of aromatic nitrogens is 2. The molecule has 0 radical (unpaired) electrons. The van der Waals surface area contributed by atoms with E-state index < -0.39 is 5.60 Å². The zero-order valence-corrected chi connectivity index (χ0v) is 22.6. The first-order valence-electron chi connectivity index (χ1n) is 12.3. The van der Waals surface area contributed by atoms with Gasteiger partial charge >= 0.3 is 6.09 Å². The molecule has 1 fully saturated rings. The van der Waals surface area contributed by atoms with Gasteiger partial charge in [-0.2, -0.15) is 5.10 Å². The van der Waals surface area contributed by atoms with Gasteiger partial charge < -0.3 is 19.7 Å². The minimum atomic E-state index is -0.551. The van der Waals surface area contributed by atoms with E-state index in [-0.39, 0.29) is 17.9 Å². The number of amides is 2. The summed E-state index contributed by atoms with van der Waals surface area (Å²) in [5.74, 6) is 0.493. The van der Waals surface area contributed by atoms with Gasteiger partial charge in [-0.05, 0) is 82.5 Å². The fraction of sp³-hybridized carbons (Fsp3) is 0.393. The fourth-order valence-corrected chi connectivity index (χ4v) is 4.57. The highest BCUT2D eigenvalue weighted by Crippen LogP contribution is 2.33. The molecule has 4 rings (SSSR count). The van der Waals surface area contributed by atoms with Gasteiger partial charge in [0.2, 0.25) is 0 Å². The van der Waals surface area contributed by atoms with Crippen molar-refractivity contribution in [3.05, 3.63) is 70.5 Å². The lowest BCUT2D eigenvalue weighted by atomic mass is 9.90. The van der Waals surface area contributed by atoms with E-state index in [0.717, 1.165) is 22.7 Å². The molecule has 1 aliphatic rings. The summed E-state index contributed by atoms with van der Waals surface area (Å²) in [6, 6.07) is 13.0. The number of methoxy groups -OCH3 is 1. The molecule has 2 heterocycles. The summed E-state index contributed by atoms with van der Waals surface area (Å²) < 4.78 is 12.7. The molecule has 0 aliphatic carbocycles. The number of rotatable bonds is 5. The van der Waals surface area contributed by atoms with Crippen LogP contribution in [0.4, 0.5) is 10.5 Å². The molecular weight excluding hydrogens is 492 g/mol. The second-order valence-electron chi connectivity index (χ2n) is 10.2. The van der Waals surface area contributed by atoms with E-state index in [4.69, 9.17) is 21.1 Å². The van der Waals surface area contributed by atoms with Crippen LogP contribution in [-0.2, 0) is 4.74 Å². The van der Waals surface area contributed by atoms with Gasteiger partial charge in [0.05, 0.1) is 30.3 Å². The number of ether oxygens (including phenoxy) is 2. The van der Waals surface area contributed by atoms with Crippen LogP contribution in [0.2, 0.25) is 5.02 Å². The summed E-state index contributed by atoms with van der Waals surface area (Å²) in [6.07, 6.45) is 2.64. The van der Waals surface area contributed by atoms with Gasteiger partial charge in [0.1, 0.15) is 11.4 Å². The summed E-state index contributed by atoms with van der Waals surface area (Å²) in [6.45, 7) is 8.55. The molecule has 1 aliphatic heterocycles. The molecule has 0 atom stereocenters. The molecule has 0 unspecified atom stereocenters. The summed E-state index contributed by atoms with van der Waals surface area (Å²) in [7, 11) is 1.62. The number of carbonyl (C=O) groups excluding carboxylic acids is 2. The molecule has 0 spiro atoms. The average Bonchev–Trinajstić information content (AvgIpc) is 3.31. The van der Waals surface area contributed by atoms with Gasteiger partial charge in [0.25, 0.3) is 5.91 Å². The summed E-state index contributed by atoms with van der Waals surface area (Å²) >= 11 is 6.26. The minimum absolute atomic E-state index is 0.0191. The molecule has 1 N–H and O–H groups in total. The van der Waals surface area contributed by atoms with Crippen LogP contribution in [0.15, 0.2) is 48.7 Å². The van der Waals surface area contributed by atoms with Crippen molar-refractivity contribution in [2.24, 2.45) is 0 Å². The van der Waals surface area contributed by atoms with E-state index in [0.29, 0.717) is 42.2 Å². The highest BCUT2D eigenvalue weighted by atomic mass is 35.5. The predicted molar refractivity (Wildman–Crippen MR) is 144 cm³/mol. The van der Waals surface area contributed by atoms with Gasteiger partial charge in [-0.15, -0.1) is 0 Å². The predicted octanol–water partition coefficient (Wildman–Crippen LogP) is 6.21. The van der Waals surface area contributed by atoms with Crippen LogP contribution in [0.3, 0.4) is 0 Å². The monoisotopic (exact) mass is 524 g/mol. The first-order chi connectivity index (χ1) is 17.6. The van der Waals surface area contributed by atoms with Gasteiger partial charge in [0, 0.05) is 29.7 Å². The number of halogens is 1. The lowest BCUT2D eigenvalue weighted by molar-refractivity contribution is 0.0203. The number of likely N-dealkylation sites (tertiary alicyclic amines) is 1. The Morgan fingerprint density at radius 3 is 2.35 bits per heavy atom. The molecule has 3 aromatic rings. The molecule has 2 aromatic carbocycles. The Morgan fingerprint density at radius 1 is 1.08 bits per heavy atom. The topological polar surface area (TPSA) is 85.7 Å². The molecular formula is C28H33ClN4O4. The quantitative estimate of drug-likeness (QED) is 0.429. The summed E-state index contributed by atoms with van der Waals surface area (Å²) in [5, 5.41) is 8.14. The lowest BCUT2D eigenvalue weighted by Gasteiger charge is -2.34. The molecule has 1 saturated heterocycles. The highest BCUT2D eigenvalue weighted by molar-refractivity contribution is 6.31. The third-order valence-electron chi connectivity index (χ3n) is 6.33. The van der Waals surface area contributed by atoms with Crippen molar-refractivity contribution in [2.75, 3.05) is 25.5 Å². The van der Waals surface area contributed by atoms with Crippen LogP contribution in [0.5, 0.6) is 5.75 Å². The van der Waals surface area contributed by atoms with E-state index in [2.05, 4.69) is 10.4 Å². The van der Waals surface area contributed by atoms with Crippen LogP contribution in [-0.4, -0.2) is 52.5 Å². The Hall–Kier alpha value is -3.52. The van der Waals surface area contributed by atoms with Crippen molar-refractivity contribution in [3.63, 3.8) is 0 Å². The maximum atomic E-state index is 13.4. The van der Waals surface area contributed by atoms with Crippen LogP contribution < -0.4 is 10.1 Å². The molecule has 0 bridgehead atoms. The maximum absolute atomic E-state index is 13.4. The Bertz CT molecular complexity index is 1270. The van der Waals surface area contributed by atoms with Crippen LogP contribution in [0.25, 0.3) is 5.69 Å². The minimum Gasteiger partial charge on any atom is -0.497 e. The van der Waals surface area contributed by atoms with Gasteiger partial charge in [0.15, 0.2) is 0 Å². The molecule has 37 heavy (non-hydrogen) atoms. The SMILES string of the molecule is COc1ccc(-n2ncc(C(=O)Nc3ccc(C)c(Cl)c3)c2C2CCN(C(=O)OC(C)(C)C)CC2)cc1. The maximum Gasteiger partial charge on any atom is 0.410 e. The third kappa shape index (κ3) is 6.25. The van der Waals surface area contributed by atoms with E-state index in [1.54, 1.807) is 24.3 Å². The number of aryl methyl sites for hydroxylation is 1. The number of nitrogens with one attached hydrogen (secondary N) is 1. The van der Waals surface area contributed by atoms with E-state index >= 15 is 0 Å². The number of carbonyl (C=O) groups is 2. The second-order valence-corrected chi connectivity index (χ2v) is 10.6. The Kier molecular flexibility index (Phi) is 7.78. The third-order valence-corrected chi connectivity index (χ3v) is 6.74. The van der Waals surface area contributed by atoms with Crippen molar-refractivity contribution in [2.45, 2.75) is 52.1 Å². The standard InChI is InChI=1S/C28H33ClN4O4/c1-18-6-7-20(16-24(18)29)31-26(34)23-17-30-33(21-8-10-22(36-5)11-9-21)25(23)19-12-14-32(15-13-19)27(35)37-28(2,3)4/h6-11,16-17,19H,12-15H2,1-5H3,(H,31,34). The van der Waals surface area contributed by atoms with Crippen molar-refractivity contribution < 1.29 is 19.1 Å². The summed E-state index contributed by atoms with van der Waals surface area (Å²) in [4.78, 5) is 27.7. The Morgan fingerprint density at radius 2 is 1.76 bits per heavy atom. The van der Waals surface area contributed by atoms with E-state index in [9.17, 15) is 9.59 Å². The van der Waals surface area contributed by atoms with Crippen LogP contribution in [0.1, 0.15) is 61.1 Å². The molecule has 0 saturated carbocycles. The normalized spacial score (nSPS) is 14.4. The number of piperidine rings is 1. The molecule has 8 nitrogen and oxygen atoms in total. The molecule has 1 aromatic heterocycles. The van der Waals surface area contributed by atoms with Crippen molar-refractivity contribution in [1.29, 1.82) is 0 Å². The van der Waals surface area contributed by atoms with Gasteiger partial charge in [-0.3, -0.25) is 4.79 Å². The van der Waals surface area contributed by atoms with E-state index in [1.165, 1.54) is 0 Å². The molecule has 9 heteroatoms. The largest absolute Gasteiger partial charge is 0.497 e. The van der Waals surface area contributed by atoms with Crippen LogP contribution >= 0.6 is 11.6 Å². The molecule has 2 amide bonds. The van der Waals surface area contributed by atoms with Crippen molar-refractivity contribution >= 4 is 29.3 Å². The van der Waals surface area contributed by atoms with Crippen LogP contribution in [0, 0.1) is 6.92 Å². The van der Waals surface area contributed by atoms with E-state index in [1.807, 2.05) is 68.8 Å². The van der Waals surface area contributed by atoms with Crippen molar-refractivity contribution in [3.8, 4) is 11.4 Å². The van der Waals surface area contributed by atoms with Crippen molar-refractivity contribution in [1.82, 2.24) is 14.7 Å². The number of benzene rings is 2. The Balaban J connectivity index is 1.62. The number of hydrogen-bond donors (Lipinski definition) is 1. The zero-order valence-electron chi connectivity index (χ0n) is 21.9. The Labute approximate surface area is 222 Å². The fourth-order valence-electron chi connectivity index (χ4n) is 4.39. The smallest absolute Gasteiger partial charge is 0.410 e. The number of nitrogens with zero attached hydrogens (tertiary/aromatic N) is 3. The number of hydrogen-bond acceptors (Lipinski definition) is 5. The lowest BCUT2D eigenvalue weighted by Crippen LogP contribution is -2.41.